The molecule has 1 aromatic carbocycles. The van der Waals surface area contributed by atoms with Crippen LogP contribution in [0.2, 0.25) is 0 Å². The summed E-state index contributed by atoms with van der Waals surface area (Å²) in [5.41, 5.74) is 0.772. The molecule has 1 unspecified atom stereocenters. The van der Waals surface area contributed by atoms with Gasteiger partial charge in [0.05, 0.1) is 19.2 Å². The Morgan fingerprint density at radius 2 is 2.15 bits per heavy atom. The van der Waals surface area contributed by atoms with Crippen LogP contribution in [0, 0.1) is 5.82 Å². The van der Waals surface area contributed by atoms with Crippen LogP contribution >= 0.6 is 24.0 Å². The van der Waals surface area contributed by atoms with E-state index in [4.69, 9.17) is 4.74 Å². The first-order valence-corrected chi connectivity index (χ1v) is 8.63. The number of amides is 1. The van der Waals surface area contributed by atoms with Gasteiger partial charge in [-0.25, -0.2) is 9.38 Å². The van der Waals surface area contributed by atoms with Gasteiger partial charge in [-0.1, -0.05) is 12.1 Å². The van der Waals surface area contributed by atoms with Gasteiger partial charge in [-0.15, -0.1) is 24.0 Å². The Morgan fingerprint density at radius 3 is 2.81 bits per heavy atom. The van der Waals surface area contributed by atoms with Crippen molar-refractivity contribution in [3.8, 4) is 0 Å². The normalized spacial score (nSPS) is 17.2. The Balaban J connectivity index is 0.00000338. The molecule has 0 saturated carbocycles. The lowest BCUT2D eigenvalue weighted by molar-refractivity contribution is -0.127. The SMILES string of the molecule is CN(C)C(=O)CNC(=NCc1cccc(F)c1)NCC1CCCCO1.I. The molecule has 0 aliphatic carbocycles. The summed E-state index contributed by atoms with van der Waals surface area (Å²) in [5, 5.41) is 6.24. The minimum absolute atomic E-state index is 0. The maximum Gasteiger partial charge on any atom is 0.241 e. The highest BCUT2D eigenvalue weighted by molar-refractivity contribution is 14.0. The molecule has 0 bridgehead atoms. The molecule has 1 atom stereocenters. The second kappa shape index (κ2) is 12.1. The molecule has 1 saturated heterocycles. The van der Waals surface area contributed by atoms with E-state index in [9.17, 15) is 9.18 Å². The Kier molecular flexibility index (Phi) is 10.5. The van der Waals surface area contributed by atoms with Crippen LogP contribution in [-0.2, 0) is 16.1 Å². The summed E-state index contributed by atoms with van der Waals surface area (Å²) in [6.07, 6.45) is 3.43. The highest BCUT2D eigenvalue weighted by Crippen LogP contribution is 2.11. The Bertz CT molecular complexity index is 592. The van der Waals surface area contributed by atoms with Crippen molar-refractivity contribution in [1.82, 2.24) is 15.5 Å². The van der Waals surface area contributed by atoms with Crippen molar-refractivity contribution in [2.24, 2.45) is 4.99 Å². The maximum absolute atomic E-state index is 13.3. The molecule has 1 heterocycles. The summed E-state index contributed by atoms with van der Waals surface area (Å²) in [4.78, 5) is 17.7. The number of hydrogen-bond acceptors (Lipinski definition) is 3. The molecule has 26 heavy (non-hydrogen) atoms. The molecule has 2 N–H and O–H groups in total. The fraction of sp³-hybridized carbons (Fsp3) is 0.556. The Labute approximate surface area is 171 Å². The number of nitrogens with one attached hydrogen (secondary N) is 2. The van der Waals surface area contributed by atoms with Crippen LogP contribution in [0.15, 0.2) is 29.3 Å². The summed E-state index contributed by atoms with van der Waals surface area (Å²) in [6.45, 7) is 1.89. The average molecular weight is 478 g/mol. The molecule has 0 spiro atoms. The zero-order valence-electron chi connectivity index (χ0n) is 15.3. The van der Waals surface area contributed by atoms with Crippen LogP contribution in [0.5, 0.6) is 0 Å². The monoisotopic (exact) mass is 478 g/mol. The highest BCUT2D eigenvalue weighted by atomic mass is 127. The van der Waals surface area contributed by atoms with Crippen molar-refractivity contribution < 1.29 is 13.9 Å². The summed E-state index contributed by atoms with van der Waals surface area (Å²) >= 11 is 0. The van der Waals surface area contributed by atoms with Crippen molar-refractivity contribution in [2.45, 2.75) is 31.9 Å². The molecule has 1 aromatic rings. The minimum Gasteiger partial charge on any atom is -0.376 e. The van der Waals surface area contributed by atoms with E-state index in [2.05, 4.69) is 15.6 Å². The number of nitrogens with zero attached hydrogens (tertiary/aromatic N) is 2. The maximum atomic E-state index is 13.3. The largest absolute Gasteiger partial charge is 0.376 e. The Hall–Kier alpha value is -1.42. The van der Waals surface area contributed by atoms with Gasteiger partial charge in [0, 0.05) is 27.2 Å². The third-order valence-electron chi connectivity index (χ3n) is 3.99. The van der Waals surface area contributed by atoms with Gasteiger partial charge in [0.2, 0.25) is 5.91 Å². The molecule has 146 valence electrons. The van der Waals surface area contributed by atoms with Crippen molar-refractivity contribution in [2.75, 3.05) is 33.8 Å². The van der Waals surface area contributed by atoms with Crippen molar-refractivity contribution in [3.63, 3.8) is 0 Å². The van der Waals surface area contributed by atoms with Gasteiger partial charge < -0.3 is 20.3 Å². The number of benzene rings is 1. The number of ether oxygens (including phenoxy) is 1. The van der Waals surface area contributed by atoms with Gasteiger partial charge in [-0.05, 0) is 37.0 Å². The topological polar surface area (TPSA) is 66.0 Å². The van der Waals surface area contributed by atoms with Crippen LogP contribution in [-0.4, -0.2) is 56.7 Å². The van der Waals surface area contributed by atoms with Gasteiger partial charge in [0.15, 0.2) is 5.96 Å². The number of aliphatic imine (C=N–C) groups is 1. The summed E-state index contributed by atoms with van der Waals surface area (Å²) in [7, 11) is 3.41. The number of guanidine groups is 1. The van der Waals surface area contributed by atoms with Crippen LogP contribution in [0.1, 0.15) is 24.8 Å². The zero-order valence-corrected chi connectivity index (χ0v) is 17.7. The van der Waals surface area contributed by atoms with Crippen molar-refractivity contribution >= 4 is 35.8 Å². The van der Waals surface area contributed by atoms with Crippen LogP contribution in [0.4, 0.5) is 4.39 Å². The lowest BCUT2D eigenvalue weighted by atomic mass is 10.1. The molecule has 6 nitrogen and oxygen atoms in total. The van der Waals surface area contributed by atoms with Crippen LogP contribution in [0.3, 0.4) is 0 Å². The minimum atomic E-state index is -0.284. The van der Waals surface area contributed by atoms with Crippen molar-refractivity contribution in [1.29, 1.82) is 0 Å². The predicted octanol–water partition coefficient (Wildman–Crippen LogP) is 2.14. The van der Waals surface area contributed by atoms with Crippen LogP contribution in [0.25, 0.3) is 0 Å². The number of carbonyl (C=O) groups excluding carboxylic acids is 1. The molecule has 1 aliphatic heterocycles. The number of rotatable bonds is 6. The highest BCUT2D eigenvalue weighted by Gasteiger charge is 2.14. The van der Waals surface area contributed by atoms with Crippen molar-refractivity contribution in [3.05, 3.63) is 35.6 Å². The fourth-order valence-corrected chi connectivity index (χ4v) is 2.48. The van der Waals surface area contributed by atoms with E-state index in [0.29, 0.717) is 19.0 Å². The molecular weight excluding hydrogens is 450 g/mol. The molecule has 2 rings (SSSR count). The second-order valence-corrected chi connectivity index (χ2v) is 6.31. The molecule has 0 aromatic heterocycles. The van der Waals surface area contributed by atoms with E-state index >= 15 is 0 Å². The Morgan fingerprint density at radius 1 is 1.35 bits per heavy atom. The lowest BCUT2D eigenvalue weighted by Crippen LogP contribution is -2.45. The first kappa shape index (κ1) is 22.6. The van der Waals surface area contributed by atoms with E-state index in [1.165, 1.54) is 17.0 Å². The van der Waals surface area contributed by atoms with E-state index in [1.807, 2.05) is 6.07 Å². The standard InChI is InChI=1S/C18H27FN4O2.HI/c1-23(2)17(24)13-22-18(21-12-16-8-3-4-9-25-16)20-11-14-6-5-7-15(19)10-14;/h5-7,10,16H,3-4,8-9,11-13H2,1-2H3,(H2,20,21,22);1H. The second-order valence-electron chi connectivity index (χ2n) is 6.31. The number of likely N-dealkylation sites (N-methyl/N-ethyl adjacent to an activating group) is 1. The quantitative estimate of drug-likeness (QED) is 0.374. The average Bonchev–Trinajstić information content (AvgIpc) is 2.61. The van der Waals surface area contributed by atoms with Gasteiger partial charge in [0.25, 0.3) is 0 Å². The number of hydrogen-bond donors (Lipinski definition) is 2. The molecule has 1 aliphatic rings. The van der Waals surface area contributed by atoms with Gasteiger partial charge >= 0.3 is 0 Å². The fourth-order valence-electron chi connectivity index (χ4n) is 2.48. The molecule has 0 radical (unpaired) electrons. The number of halogens is 2. The molecular formula is C18H28FIN4O2. The lowest BCUT2D eigenvalue weighted by Gasteiger charge is -2.24. The van der Waals surface area contributed by atoms with Gasteiger partial charge in [-0.2, -0.15) is 0 Å². The molecule has 1 amide bonds. The third-order valence-corrected chi connectivity index (χ3v) is 3.99. The number of carbonyl (C=O) groups is 1. The summed E-state index contributed by atoms with van der Waals surface area (Å²) in [5.74, 6) is 0.191. The summed E-state index contributed by atoms with van der Waals surface area (Å²) in [6, 6.07) is 6.34. The molecule has 1 fully saturated rings. The van der Waals surface area contributed by atoms with E-state index in [-0.39, 0.29) is 48.3 Å². The van der Waals surface area contributed by atoms with E-state index < -0.39 is 0 Å². The van der Waals surface area contributed by atoms with Gasteiger partial charge in [0.1, 0.15) is 5.82 Å². The summed E-state index contributed by atoms with van der Waals surface area (Å²) < 4.78 is 19.0. The van der Waals surface area contributed by atoms with E-state index in [1.54, 1.807) is 20.2 Å². The zero-order chi connectivity index (χ0) is 18.1. The van der Waals surface area contributed by atoms with E-state index in [0.717, 1.165) is 31.4 Å². The smallest absolute Gasteiger partial charge is 0.241 e. The third kappa shape index (κ3) is 8.31. The first-order valence-electron chi connectivity index (χ1n) is 8.63. The van der Waals surface area contributed by atoms with Crippen LogP contribution < -0.4 is 10.6 Å². The first-order chi connectivity index (χ1) is 12.0. The van der Waals surface area contributed by atoms with Gasteiger partial charge in [-0.3, -0.25) is 4.79 Å². The molecule has 8 heteroatoms. The predicted molar refractivity (Wildman–Crippen MR) is 111 cm³/mol.